The Labute approximate surface area is 103 Å². The van der Waals surface area contributed by atoms with E-state index in [9.17, 15) is 5.11 Å². The van der Waals surface area contributed by atoms with Crippen LogP contribution in [0, 0.1) is 11.3 Å². The molecule has 0 bridgehead atoms. The smallest absolute Gasteiger partial charge is 0.162 e. The molecule has 2 heterocycles. The van der Waals surface area contributed by atoms with Crippen molar-refractivity contribution in [3.05, 3.63) is 48.3 Å². The molecule has 1 N–H and O–H groups in total. The van der Waals surface area contributed by atoms with Gasteiger partial charge in [-0.1, -0.05) is 6.07 Å². The summed E-state index contributed by atoms with van der Waals surface area (Å²) in [5, 5.41) is 23.3. The van der Waals surface area contributed by atoms with E-state index in [1.54, 1.807) is 35.1 Å². The van der Waals surface area contributed by atoms with Gasteiger partial charge in [-0.15, -0.1) is 0 Å². The van der Waals surface area contributed by atoms with Crippen molar-refractivity contribution in [2.45, 2.75) is 0 Å². The molecule has 86 valence electrons. The van der Waals surface area contributed by atoms with Crippen LogP contribution in [-0.2, 0) is 0 Å². The molecule has 2 aromatic heterocycles. The standard InChI is InChI=1S/C13H8N4O/c14-6-9-4-10-8-16-17(13(10)15-7-9)11-2-1-3-12(18)5-11/h1-5,7-8,18H. The van der Waals surface area contributed by atoms with Crippen LogP contribution in [0.25, 0.3) is 16.7 Å². The maximum atomic E-state index is 9.46. The van der Waals surface area contributed by atoms with E-state index in [2.05, 4.69) is 10.1 Å². The van der Waals surface area contributed by atoms with E-state index in [-0.39, 0.29) is 5.75 Å². The minimum atomic E-state index is 0.171. The highest BCUT2D eigenvalue weighted by Gasteiger charge is 2.07. The molecule has 0 spiro atoms. The number of nitriles is 1. The van der Waals surface area contributed by atoms with Gasteiger partial charge in [-0.2, -0.15) is 10.4 Å². The number of nitrogens with zero attached hydrogens (tertiary/aromatic N) is 4. The summed E-state index contributed by atoms with van der Waals surface area (Å²) >= 11 is 0. The number of rotatable bonds is 1. The van der Waals surface area contributed by atoms with Gasteiger partial charge in [0.15, 0.2) is 5.65 Å². The molecule has 1 aromatic carbocycles. The van der Waals surface area contributed by atoms with Crippen molar-refractivity contribution in [2.24, 2.45) is 0 Å². The number of benzene rings is 1. The maximum absolute atomic E-state index is 9.46. The van der Waals surface area contributed by atoms with Gasteiger partial charge in [0.1, 0.15) is 11.8 Å². The summed E-state index contributed by atoms with van der Waals surface area (Å²) in [5.41, 5.74) is 1.87. The van der Waals surface area contributed by atoms with E-state index in [0.29, 0.717) is 11.2 Å². The second-order valence-electron chi connectivity index (χ2n) is 3.82. The van der Waals surface area contributed by atoms with Crippen LogP contribution in [0.3, 0.4) is 0 Å². The number of aromatic nitrogens is 3. The van der Waals surface area contributed by atoms with Crippen molar-refractivity contribution in [3.8, 4) is 17.5 Å². The average Bonchev–Trinajstić information content (AvgIpc) is 2.81. The topological polar surface area (TPSA) is 74.7 Å². The van der Waals surface area contributed by atoms with E-state index < -0.39 is 0 Å². The first-order valence-electron chi connectivity index (χ1n) is 5.31. The fourth-order valence-corrected chi connectivity index (χ4v) is 1.80. The number of hydrogen-bond acceptors (Lipinski definition) is 4. The van der Waals surface area contributed by atoms with Crippen LogP contribution in [0.1, 0.15) is 5.56 Å². The van der Waals surface area contributed by atoms with Gasteiger partial charge in [0.05, 0.1) is 17.4 Å². The lowest BCUT2D eigenvalue weighted by molar-refractivity contribution is 0.475. The average molecular weight is 236 g/mol. The Morgan fingerprint density at radius 1 is 1.22 bits per heavy atom. The summed E-state index contributed by atoms with van der Waals surface area (Å²) in [5.74, 6) is 0.171. The van der Waals surface area contributed by atoms with Gasteiger partial charge in [-0.3, -0.25) is 0 Å². The van der Waals surface area contributed by atoms with Crippen LogP contribution >= 0.6 is 0 Å². The minimum Gasteiger partial charge on any atom is -0.508 e. The highest BCUT2D eigenvalue weighted by molar-refractivity contribution is 5.77. The molecule has 0 fully saturated rings. The molecule has 0 radical (unpaired) electrons. The van der Waals surface area contributed by atoms with Gasteiger partial charge in [-0.05, 0) is 18.2 Å². The molecule has 0 atom stereocenters. The first-order valence-corrected chi connectivity index (χ1v) is 5.31. The van der Waals surface area contributed by atoms with Gasteiger partial charge >= 0.3 is 0 Å². The van der Waals surface area contributed by atoms with Crippen molar-refractivity contribution in [1.82, 2.24) is 14.8 Å². The highest BCUT2D eigenvalue weighted by atomic mass is 16.3. The van der Waals surface area contributed by atoms with Crippen molar-refractivity contribution in [2.75, 3.05) is 0 Å². The fourth-order valence-electron chi connectivity index (χ4n) is 1.80. The monoisotopic (exact) mass is 236 g/mol. The third-order valence-corrected chi connectivity index (χ3v) is 2.61. The summed E-state index contributed by atoms with van der Waals surface area (Å²) in [6.07, 6.45) is 3.15. The van der Waals surface area contributed by atoms with Crippen molar-refractivity contribution in [1.29, 1.82) is 5.26 Å². The first-order chi connectivity index (χ1) is 8.78. The molecule has 0 unspecified atom stereocenters. The van der Waals surface area contributed by atoms with Crippen LogP contribution in [0.15, 0.2) is 42.7 Å². The first kappa shape index (κ1) is 10.3. The summed E-state index contributed by atoms with van der Waals surface area (Å²) in [6.45, 7) is 0. The second kappa shape index (κ2) is 3.86. The highest BCUT2D eigenvalue weighted by Crippen LogP contribution is 2.19. The molecule has 3 rings (SSSR count). The molecule has 0 aliphatic rings. The molecular formula is C13H8N4O. The third-order valence-electron chi connectivity index (χ3n) is 2.61. The van der Waals surface area contributed by atoms with Gasteiger partial charge < -0.3 is 5.11 Å². The van der Waals surface area contributed by atoms with Crippen LogP contribution in [0.5, 0.6) is 5.75 Å². The van der Waals surface area contributed by atoms with Crippen LogP contribution in [0.4, 0.5) is 0 Å². The predicted molar refractivity (Wildman–Crippen MR) is 65.2 cm³/mol. The predicted octanol–water partition coefficient (Wildman–Crippen LogP) is 2.00. The second-order valence-corrected chi connectivity index (χ2v) is 3.82. The quantitative estimate of drug-likeness (QED) is 0.701. The van der Waals surface area contributed by atoms with Crippen molar-refractivity contribution < 1.29 is 5.11 Å². The summed E-state index contributed by atoms with van der Waals surface area (Å²) < 4.78 is 1.62. The fraction of sp³-hybridized carbons (Fsp3) is 0. The molecule has 0 saturated heterocycles. The number of fused-ring (bicyclic) bond motifs is 1. The van der Waals surface area contributed by atoms with E-state index in [1.807, 2.05) is 12.1 Å². The lowest BCUT2D eigenvalue weighted by Crippen LogP contribution is -1.97. The summed E-state index contributed by atoms with van der Waals surface area (Å²) in [6, 6.07) is 10.5. The largest absolute Gasteiger partial charge is 0.508 e. The Morgan fingerprint density at radius 2 is 2.11 bits per heavy atom. The molecule has 5 heteroatoms. The lowest BCUT2D eigenvalue weighted by Gasteiger charge is -2.02. The summed E-state index contributed by atoms with van der Waals surface area (Å²) in [7, 11) is 0. The molecule has 0 aliphatic heterocycles. The van der Waals surface area contributed by atoms with Gasteiger partial charge in [0.25, 0.3) is 0 Å². The van der Waals surface area contributed by atoms with E-state index in [4.69, 9.17) is 5.26 Å². The van der Waals surface area contributed by atoms with Crippen LogP contribution < -0.4 is 0 Å². The summed E-state index contributed by atoms with van der Waals surface area (Å²) in [4.78, 5) is 4.21. The SMILES string of the molecule is N#Cc1cnc2c(cnn2-c2cccc(O)c2)c1. The number of phenolic OH excluding ortho intramolecular Hbond substituents is 1. The zero-order valence-corrected chi connectivity index (χ0v) is 9.28. The number of phenols is 1. The minimum absolute atomic E-state index is 0.171. The molecule has 18 heavy (non-hydrogen) atoms. The molecule has 0 saturated carbocycles. The van der Waals surface area contributed by atoms with Crippen molar-refractivity contribution in [3.63, 3.8) is 0 Å². The number of aromatic hydroxyl groups is 1. The Morgan fingerprint density at radius 3 is 2.89 bits per heavy atom. The van der Waals surface area contributed by atoms with Gasteiger partial charge in [-0.25, -0.2) is 9.67 Å². The lowest BCUT2D eigenvalue weighted by atomic mass is 10.2. The number of pyridine rings is 1. The number of hydrogen-bond donors (Lipinski definition) is 1. The Balaban J connectivity index is 2.22. The third kappa shape index (κ3) is 1.57. The molecule has 0 amide bonds. The normalized spacial score (nSPS) is 10.4. The van der Waals surface area contributed by atoms with E-state index in [1.165, 1.54) is 6.20 Å². The Hall–Kier alpha value is -2.87. The molecule has 0 aliphatic carbocycles. The molecule has 5 nitrogen and oxygen atoms in total. The van der Waals surface area contributed by atoms with Crippen molar-refractivity contribution >= 4 is 11.0 Å². The van der Waals surface area contributed by atoms with Gasteiger partial charge in [0.2, 0.25) is 0 Å². The van der Waals surface area contributed by atoms with Gasteiger partial charge in [0, 0.05) is 17.6 Å². The Bertz CT molecular complexity index is 770. The Kier molecular flexibility index (Phi) is 2.21. The van der Waals surface area contributed by atoms with E-state index in [0.717, 1.165) is 11.1 Å². The zero-order chi connectivity index (χ0) is 12.5. The van der Waals surface area contributed by atoms with Crippen LogP contribution in [0.2, 0.25) is 0 Å². The van der Waals surface area contributed by atoms with E-state index >= 15 is 0 Å². The molecular weight excluding hydrogens is 228 g/mol. The maximum Gasteiger partial charge on any atom is 0.162 e. The zero-order valence-electron chi connectivity index (χ0n) is 9.28. The molecule has 3 aromatic rings. The van der Waals surface area contributed by atoms with Crippen LogP contribution in [-0.4, -0.2) is 19.9 Å².